The van der Waals surface area contributed by atoms with Crippen molar-refractivity contribution in [1.82, 2.24) is 0 Å². The van der Waals surface area contributed by atoms with Gasteiger partial charge in [0, 0.05) is 5.56 Å². The van der Waals surface area contributed by atoms with Gasteiger partial charge in [0.25, 0.3) is 0 Å². The third-order valence-electron chi connectivity index (χ3n) is 3.30. The van der Waals surface area contributed by atoms with Gasteiger partial charge >= 0.3 is 0 Å². The van der Waals surface area contributed by atoms with Crippen LogP contribution in [0.3, 0.4) is 0 Å². The summed E-state index contributed by atoms with van der Waals surface area (Å²) in [6.07, 6.45) is 0.974. The zero-order chi connectivity index (χ0) is 14.5. The predicted molar refractivity (Wildman–Crippen MR) is 82.7 cm³/mol. The molecule has 0 amide bonds. The quantitative estimate of drug-likeness (QED) is 0.838. The molecule has 2 N–H and O–H groups in total. The second-order valence-electron chi connectivity index (χ2n) is 5.55. The number of benzene rings is 2. The van der Waals surface area contributed by atoms with E-state index < -0.39 is 6.04 Å². The molecule has 0 aliphatic heterocycles. The van der Waals surface area contributed by atoms with Gasteiger partial charge in [0.2, 0.25) is 0 Å². The summed E-state index contributed by atoms with van der Waals surface area (Å²) >= 11 is 0. The fourth-order valence-corrected chi connectivity index (χ4v) is 2.31. The average Bonchev–Trinajstić information content (AvgIpc) is 2.46. The Balaban J connectivity index is 2.21. The molecule has 0 fully saturated rings. The predicted octanol–water partition coefficient (Wildman–Crippen LogP) is 3.77. The van der Waals surface area contributed by atoms with Crippen molar-refractivity contribution in [3.05, 3.63) is 71.3 Å². The van der Waals surface area contributed by atoms with Crippen LogP contribution in [0.1, 0.15) is 41.4 Å². The maximum absolute atomic E-state index is 12.5. The minimum absolute atomic E-state index is 0.0261. The van der Waals surface area contributed by atoms with E-state index in [1.807, 2.05) is 48.5 Å². The summed E-state index contributed by atoms with van der Waals surface area (Å²) in [6.45, 7) is 4.34. The molecule has 0 unspecified atom stereocenters. The van der Waals surface area contributed by atoms with Crippen LogP contribution in [-0.4, -0.2) is 5.78 Å². The molecular formula is C18H21NO. The van der Waals surface area contributed by atoms with E-state index in [1.54, 1.807) is 0 Å². The molecule has 0 spiro atoms. The summed E-state index contributed by atoms with van der Waals surface area (Å²) in [6, 6.07) is 16.7. The lowest BCUT2D eigenvalue weighted by molar-refractivity contribution is 0.0961. The van der Waals surface area contributed by atoms with Gasteiger partial charge in [-0.1, -0.05) is 62.4 Å². The van der Waals surface area contributed by atoms with Gasteiger partial charge in [-0.2, -0.15) is 0 Å². The van der Waals surface area contributed by atoms with Gasteiger partial charge in [0.15, 0.2) is 5.78 Å². The van der Waals surface area contributed by atoms with Crippen LogP contribution in [-0.2, 0) is 6.42 Å². The molecule has 2 aromatic carbocycles. The van der Waals surface area contributed by atoms with E-state index in [1.165, 1.54) is 5.56 Å². The van der Waals surface area contributed by atoms with Crippen molar-refractivity contribution in [1.29, 1.82) is 0 Å². The Bertz CT molecular complexity index is 575. The van der Waals surface area contributed by atoms with Crippen LogP contribution in [0.25, 0.3) is 0 Å². The van der Waals surface area contributed by atoms with Crippen LogP contribution in [0.15, 0.2) is 54.6 Å². The van der Waals surface area contributed by atoms with Crippen molar-refractivity contribution >= 4 is 5.78 Å². The van der Waals surface area contributed by atoms with Crippen LogP contribution in [0.4, 0.5) is 0 Å². The highest BCUT2D eigenvalue weighted by Crippen LogP contribution is 2.18. The summed E-state index contributed by atoms with van der Waals surface area (Å²) in [7, 11) is 0. The molecule has 2 heteroatoms. The number of nitrogens with two attached hydrogens (primary N) is 1. The smallest absolute Gasteiger partial charge is 0.184 e. The van der Waals surface area contributed by atoms with Crippen molar-refractivity contribution in [3.63, 3.8) is 0 Å². The Morgan fingerprint density at radius 1 is 1.05 bits per heavy atom. The van der Waals surface area contributed by atoms with Crippen molar-refractivity contribution in [3.8, 4) is 0 Å². The molecule has 1 atom stereocenters. The van der Waals surface area contributed by atoms with Crippen LogP contribution < -0.4 is 5.73 Å². The van der Waals surface area contributed by atoms with Gasteiger partial charge in [-0.25, -0.2) is 0 Å². The fraction of sp³-hybridized carbons (Fsp3) is 0.278. The minimum atomic E-state index is -0.592. The molecule has 0 radical (unpaired) electrons. The molecule has 0 saturated heterocycles. The summed E-state index contributed by atoms with van der Waals surface area (Å²) in [5.74, 6) is 0.546. The first kappa shape index (κ1) is 14.5. The Morgan fingerprint density at radius 2 is 1.75 bits per heavy atom. The number of hydrogen-bond donors (Lipinski definition) is 1. The Labute approximate surface area is 120 Å². The third-order valence-corrected chi connectivity index (χ3v) is 3.30. The van der Waals surface area contributed by atoms with Crippen molar-refractivity contribution in [2.45, 2.75) is 26.3 Å². The molecule has 2 nitrogen and oxygen atoms in total. The van der Waals surface area contributed by atoms with Crippen LogP contribution in [0, 0.1) is 5.92 Å². The highest BCUT2D eigenvalue weighted by Gasteiger charge is 2.17. The molecule has 20 heavy (non-hydrogen) atoms. The molecule has 2 rings (SSSR count). The number of carbonyl (C=O) groups excluding carboxylic acids is 1. The molecule has 0 bridgehead atoms. The van der Waals surface area contributed by atoms with Crippen molar-refractivity contribution in [2.24, 2.45) is 11.7 Å². The zero-order valence-corrected chi connectivity index (χ0v) is 12.0. The number of rotatable bonds is 5. The normalized spacial score (nSPS) is 12.4. The molecule has 0 aliphatic carbocycles. The van der Waals surface area contributed by atoms with E-state index >= 15 is 0 Å². The Kier molecular flexibility index (Phi) is 4.70. The average molecular weight is 267 g/mol. The van der Waals surface area contributed by atoms with Gasteiger partial charge in [0.1, 0.15) is 0 Å². The van der Waals surface area contributed by atoms with Crippen molar-refractivity contribution in [2.75, 3.05) is 0 Å². The number of Topliss-reactive ketones (excluding diaryl/α,β-unsaturated/α-hetero) is 1. The first-order valence-corrected chi connectivity index (χ1v) is 7.01. The van der Waals surface area contributed by atoms with Gasteiger partial charge in [-0.15, -0.1) is 0 Å². The highest BCUT2D eigenvalue weighted by molar-refractivity contribution is 6.00. The molecule has 2 aromatic rings. The summed E-state index contributed by atoms with van der Waals surface area (Å²) < 4.78 is 0. The molecule has 0 aliphatic rings. The van der Waals surface area contributed by atoms with Crippen LogP contribution in [0.5, 0.6) is 0 Å². The van der Waals surface area contributed by atoms with E-state index in [0.29, 0.717) is 11.5 Å². The van der Waals surface area contributed by atoms with E-state index in [0.717, 1.165) is 12.0 Å². The number of hydrogen-bond acceptors (Lipinski definition) is 2. The lowest BCUT2D eigenvalue weighted by atomic mass is 9.95. The standard InChI is InChI=1S/C18H21NO/c1-13(2)11-14-7-6-10-16(12-14)18(20)17(19)15-8-4-3-5-9-15/h3-10,12-13,17H,11,19H2,1-2H3/t17-/m1/s1. The summed E-state index contributed by atoms with van der Waals surface area (Å²) in [5.41, 5.74) is 8.81. The highest BCUT2D eigenvalue weighted by atomic mass is 16.1. The van der Waals surface area contributed by atoms with Gasteiger partial charge < -0.3 is 5.73 Å². The lowest BCUT2D eigenvalue weighted by Crippen LogP contribution is -2.21. The summed E-state index contributed by atoms with van der Waals surface area (Å²) in [4.78, 5) is 12.5. The first-order valence-electron chi connectivity index (χ1n) is 7.01. The molecule has 0 heterocycles. The van der Waals surface area contributed by atoms with Gasteiger partial charge in [0.05, 0.1) is 6.04 Å². The van der Waals surface area contributed by atoms with Gasteiger partial charge in [-0.05, 0) is 29.5 Å². The monoisotopic (exact) mass is 267 g/mol. The van der Waals surface area contributed by atoms with E-state index in [2.05, 4.69) is 19.9 Å². The Hall–Kier alpha value is -1.93. The van der Waals surface area contributed by atoms with Crippen LogP contribution in [0.2, 0.25) is 0 Å². The second-order valence-corrected chi connectivity index (χ2v) is 5.55. The molecule has 0 aromatic heterocycles. The van der Waals surface area contributed by atoms with E-state index in [-0.39, 0.29) is 5.78 Å². The van der Waals surface area contributed by atoms with E-state index in [4.69, 9.17) is 5.73 Å². The van der Waals surface area contributed by atoms with Crippen LogP contribution >= 0.6 is 0 Å². The Morgan fingerprint density at radius 3 is 2.40 bits per heavy atom. The number of carbonyl (C=O) groups is 1. The summed E-state index contributed by atoms with van der Waals surface area (Å²) in [5, 5.41) is 0. The van der Waals surface area contributed by atoms with E-state index in [9.17, 15) is 4.79 Å². The van der Waals surface area contributed by atoms with Gasteiger partial charge in [-0.3, -0.25) is 4.79 Å². The number of ketones is 1. The maximum Gasteiger partial charge on any atom is 0.184 e. The first-order chi connectivity index (χ1) is 9.58. The third kappa shape index (κ3) is 3.55. The zero-order valence-electron chi connectivity index (χ0n) is 12.0. The topological polar surface area (TPSA) is 43.1 Å². The second kappa shape index (κ2) is 6.49. The largest absolute Gasteiger partial charge is 0.318 e. The van der Waals surface area contributed by atoms with Crippen molar-refractivity contribution < 1.29 is 4.79 Å². The minimum Gasteiger partial charge on any atom is -0.318 e. The maximum atomic E-state index is 12.5. The molecule has 104 valence electrons. The molecule has 0 saturated carbocycles. The lowest BCUT2D eigenvalue weighted by Gasteiger charge is -2.12. The fourth-order valence-electron chi connectivity index (χ4n) is 2.31. The SMILES string of the molecule is CC(C)Cc1cccc(C(=O)[C@H](N)c2ccccc2)c1. The molecular weight excluding hydrogens is 246 g/mol.